The van der Waals surface area contributed by atoms with Gasteiger partial charge in [0.1, 0.15) is 5.60 Å². The maximum absolute atomic E-state index is 11.9. The van der Waals surface area contributed by atoms with E-state index in [2.05, 4.69) is 10.6 Å². The molecule has 1 aromatic rings. The zero-order chi connectivity index (χ0) is 20.6. The predicted molar refractivity (Wildman–Crippen MR) is 107 cm³/mol. The zero-order valence-corrected chi connectivity index (χ0v) is 17.3. The summed E-state index contributed by atoms with van der Waals surface area (Å²) in [6.07, 6.45) is 4.87. The quantitative estimate of drug-likeness (QED) is 0.710. The molecule has 1 fully saturated rings. The molecule has 0 saturated heterocycles. The largest absolute Gasteiger partial charge is 0.493 e. The average Bonchev–Trinajstić information content (AvgIpc) is 3.12. The summed E-state index contributed by atoms with van der Waals surface area (Å²) >= 11 is 0. The number of benzene rings is 1. The molecule has 2 N–H and O–H groups in total. The highest BCUT2D eigenvalue weighted by Gasteiger charge is 2.19. The lowest BCUT2D eigenvalue weighted by molar-refractivity contribution is -0.120. The summed E-state index contributed by atoms with van der Waals surface area (Å²) in [5, 5.41) is 5.23. The van der Waals surface area contributed by atoms with Crippen molar-refractivity contribution in [3.05, 3.63) is 23.8 Å². The molecular weight excluding hydrogens is 360 g/mol. The fourth-order valence-corrected chi connectivity index (χ4v) is 3.03. The smallest absolute Gasteiger partial charge is 0.408 e. The monoisotopic (exact) mass is 392 g/mol. The number of hydrogen-bond acceptors (Lipinski definition) is 5. The van der Waals surface area contributed by atoms with Gasteiger partial charge < -0.3 is 24.8 Å². The number of methoxy groups -OCH3 is 1. The first-order chi connectivity index (χ1) is 13.3. The standard InChI is InChI=1S/C21H32N2O5/c1-21(2,3)28-20(25)23-14-19(24)22-12-11-15-9-10-17(26-4)18(13-15)27-16-7-5-6-8-16/h9-10,13,16H,5-8,11-12,14H2,1-4H3,(H,22,24)(H,23,25). The number of nitrogens with one attached hydrogen (secondary N) is 2. The van der Waals surface area contributed by atoms with Crippen molar-refractivity contribution in [3.63, 3.8) is 0 Å². The third-order valence-corrected chi connectivity index (χ3v) is 4.35. The molecule has 2 rings (SSSR count). The zero-order valence-electron chi connectivity index (χ0n) is 17.3. The summed E-state index contributed by atoms with van der Waals surface area (Å²) < 4.78 is 16.6. The molecule has 0 aromatic heterocycles. The third kappa shape index (κ3) is 7.66. The molecule has 1 aliphatic carbocycles. The highest BCUT2D eigenvalue weighted by molar-refractivity contribution is 5.82. The number of alkyl carbamates (subject to hydrolysis) is 1. The second-order valence-corrected chi connectivity index (χ2v) is 7.96. The molecule has 7 heteroatoms. The number of carbonyl (C=O) groups excluding carboxylic acids is 2. The van der Waals surface area contributed by atoms with Crippen molar-refractivity contribution in [3.8, 4) is 11.5 Å². The topological polar surface area (TPSA) is 85.9 Å². The van der Waals surface area contributed by atoms with Gasteiger partial charge in [-0.1, -0.05) is 6.07 Å². The van der Waals surface area contributed by atoms with Crippen molar-refractivity contribution >= 4 is 12.0 Å². The van der Waals surface area contributed by atoms with Crippen molar-refractivity contribution in [2.75, 3.05) is 20.2 Å². The van der Waals surface area contributed by atoms with Gasteiger partial charge in [-0.25, -0.2) is 4.79 Å². The Morgan fingerprint density at radius 1 is 1.11 bits per heavy atom. The average molecular weight is 392 g/mol. The van der Waals surface area contributed by atoms with E-state index in [0.29, 0.717) is 13.0 Å². The van der Waals surface area contributed by atoms with Gasteiger partial charge in [-0.2, -0.15) is 0 Å². The minimum Gasteiger partial charge on any atom is -0.493 e. The van der Waals surface area contributed by atoms with E-state index in [9.17, 15) is 9.59 Å². The van der Waals surface area contributed by atoms with Crippen molar-refractivity contribution < 1.29 is 23.8 Å². The van der Waals surface area contributed by atoms with E-state index < -0.39 is 11.7 Å². The van der Waals surface area contributed by atoms with Crippen LogP contribution in [-0.2, 0) is 16.0 Å². The van der Waals surface area contributed by atoms with Gasteiger partial charge in [-0.15, -0.1) is 0 Å². The molecule has 0 spiro atoms. The fourth-order valence-electron chi connectivity index (χ4n) is 3.03. The molecule has 1 aliphatic rings. The van der Waals surface area contributed by atoms with E-state index in [0.717, 1.165) is 29.9 Å². The molecule has 7 nitrogen and oxygen atoms in total. The van der Waals surface area contributed by atoms with Crippen LogP contribution in [0.15, 0.2) is 18.2 Å². The number of hydrogen-bond donors (Lipinski definition) is 2. The van der Waals surface area contributed by atoms with Crippen LogP contribution < -0.4 is 20.1 Å². The van der Waals surface area contributed by atoms with Gasteiger partial charge in [0.05, 0.1) is 19.8 Å². The molecule has 0 heterocycles. The van der Waals surface area contributed by atoms with Crippen molar-refractivity contribution in [2.45, 2.75) is 64.6 Å². The van der Waals surface area contributed by atoms with Crippen molar-refractivity contribution in [1.82, 2.24) is 10.6 Å². The van der Waals surface area contributed by atoms with Crippen LogP contribution in [-0.4, -0.2) is 43.9 Å². The van der Waals surface area contributed by atoms with E-state index in [1.807, 2.05) is 18.2 Å². The van der Waals surface area contributed by atoms with Crippen molar-refractivity contribution in [2.24, 2.45) is 0 Å². The Morgan fingerprint density at radius 3 is 2.46 bits per heavy atom. The van der Waals surface area contributed by atoms with Gasteiger partial charge in [0.2, 0.25) is 5.91 Å². The summed E-state index contributed by atoms with van der Waals surface area (Å²) in [5.74, 6) is 1.22. The molecule has 156 valence electrons. The lowest BCUT2D eigenvalue weighted by Crippen LogP contribution is -2.40. The predicted octanol–water partition coefficient (Wildman–Crippen LogP) is 3.20. The maximum Gasteiger partial charge on any atom is 0.408 e. The first kappa shape index (κ1) is 21.9. The minimum atomic E-state index is -0.605. The first-order valence-electron chi connectivity index (χ1n) is 9.84. The normalized spacial score (nSPS) is 14.4. The Morgan fingerprint density at radius 2 is 1.82 bits per heavy atom. The van der Waals surface area contributed by atoms with Crippen LogP contribution in [0.5, 0.6) is 11.5 Å². The SMILES string of the molecule is COc1ccc(CCNC(=O)CNC(=O)OC(C)(C)C)cc1OC1CCCC1. The fraction of sp³-hybridized carbons (Fsp3) is 0.619. The third-order valence-electron chi connectivity index (χ3n) is 4.35. The highest BCUT2D eigenvalue weighted by Crippen LogP contribution is 2.32. The summed E-state index contributed by atoms with van der Waals surface area (Å²) in [4.78, 5) is 23.4. The Labute approximate surface area is 167 Å². The van der Waals surface area contributed by atoms with Gasteiger partial charge in [0, 0.05) is 6.54 Å². The first-order valence-corrected chi connectivity index (χ1v) is 9.84. The van der Waals surface area contributed by atoms with Gasteiger partial charge in [0.25, 0.3) is 0 Å². The summed E-state index contributed by atoms with van der Waals surface area (Å²) in [7, 11) is 1.63. The van der Waals surface area contributed by atoms with Crippen LogP contribution >= 0.6 is 0 Å². The van der Waals surface area contributed by atoms with Crippen LogP contribution in [0.4, 0.5) is 4.79 Å². The molecule has 0 aliphatic heterocycles. The second-order valence-electron chi connectivity index (χ2n) is 7.96. The number of ether oxygens (including phenoxy) is 3. The van der Waals surface area contributed by atoms with Gasteiger partial charge >= 0.3 is 6.09 Å². The summed E-state index contributed by atoms with van der Waals surface area (Å²) in [6.45, 7) is 5.65. The highest BCUT2D eigenvalue weighted by atomic mass is 16.6. The number of amides is 2. The van der Waals surface area contributed by atoms with Crippen LogP contribution in [0, 0.1) is 0 Å². The van der Waals surface area contributed by atoms with Gasteiger partial charge in [0.15, 0.2) is 11.5 Å². The molecule has 0 radical (unpaired) electrons. The van der Waals surface area contributed by atoms with Crippen LogP contribution in [0.1, 0.15) is 52.0 Å². The van der Waals surface area contributed by atoms with E-state index in [-0.39, 0.29) is 18.6 Å². The Hall–Kier alpha value is -2.44. The Kier molecular flexibility index (Phi) is 7.96. The van der Waals surface area contributed by atoms with E-state index in [1.165, 1.54) is 12.8 Å². The summed E-state index contributed by atoms with van der Waals surface area (Å²) in [6, 6.07) is 5.83. The second kappa shape index (κ2) is 10.2. The molecule has 0 unspecified atom stereocenters. The Balaban J connectivity index is 1.77. The number of rotatable bonds is 8. The molecule has 1 saturated carbocycles. The molecule has 28 heavy (non-hydrogen) atoms. The molecule has 1 aromatic carbocycles. The minimum absolute atomic E-state index is 0.117. The summed E-state index contributed by atoms with van der Waals surface area (Å²) in [5.41, 5.74) is 0.460. The lowest BCUT2D eigenvalue weighted by atomic mass is 10.1. The Bertz CT molecular complexity index is 663. The van der Waals surface area contributed by atoms with Crippen LogP contribution in [0.2, 0.25) is 0 Å². The molecule has 0 atom stereocenters. The van der Waals surface area contributed by atoms with Crippen LogP contribution in [0.25, 0.3) is 0 Å². The molecule has 0 bridgehead atoms. The number of carbonyl (C=O) groups is 2. The van der Waals surface area contributed by atoms with Gasteiger partial charge in [-0.3, -0.25) is 4.79 Å². The molecular formula is C21H32N2O5. The lowest BCUT2D eigenvalue weighted by Gasteiger charge is -2.19. The maximum atomic E-state index is 11.9. The van der Waals surface area contributed by atoms with E-state index in [4.69, 9.17) is 14.2 Å². The van der Waals surface area contributed by atoms with E-state index in [1.54, 1.807) is 27.9 Å². The van der Waals surface area contributed by atoms with E-state index >= 15 is 0 Å². The van der Waals surface area contributed by atoms with Crippen LogP contribution in [0.3, 0.4) is 0 Å². The van der Waals surface area contributed by atoms with Crippen molar-refractivity contribution in [1.29, 1.82) is 0 Å². The molecule has 2 amide bonds. The van der Waals surface area contributed by atoms with Gasteiger partial charge in [-0.05, 0) is 70.6 Å².